The quantitative estimate of drug-likeness (QED) is 0.459. The third-order valence-corrected chi connectivity index (χ3v) is 2.86. The summed E-state index contributed by atoms with van der Waals surface area (Å²) < 4.78 is 20.1. The number of phosphoric acid groups is 1. The molecule has 0 fully saturated rings. The zero-order valence-corrected chi connectivity index (χ0v) is 10.2. The van der Waals surface area contributed by atoms with Gasteiger partial charge in [0, 0.05) is 6.54 Å². The minimum atomic E-state index is -4.09. The standard InChI is InChI=1S/C9H22NO4P/c1-2-3-4-5-6-8-13-15(11,12)14-9-7-10/h2-10H2,1H3,(H,11,12)/p-1. The normalized spacial score (nSPS) is 15.1. The van der Waals surface area contributed by atoms with E-state index in [-0.39, 0.29) is 19.8 Å². The minimum Gasteiger partial charge on any atom is -0.756 e. The van der Waals surface area contributed by atoms with Gasteiger partial charge >= 0.3 is 0 Å². The lowest BCUT2D eigenvalue weighted by Crippen LogP contribution is -2.14. The van der Waals surface area contributed by atoms with Gasteiger partial charge in [-0.25, -0.2) is 0 Å². The third-order valence-electron chi connectivity index (χ3n) is 1.86. The molecule has 0 aromatic rings. The Morgan fingerprint density at radius 1 is 1.13 bits per heavy atom. The third kappa shape index (κ3) is 10.4. The van der Waals surface area contributed by atoms with Crippen LogP contribution in [0.2, 0.25) is 0 Å². The van der Waals surface area contributed by atoms with Crippen LogP contribution in [0, 0.1) is 0 Å². The lowest BCUT2D eigenvalue weighted by atomic mass is 10.2. The van der Waals surface area contributed by atoms with Crippen LogP contribution < -0.4 is 10.6 Å². The molecule has 0 saturated carbocycles. The first-order chi connectivity index (χ1) is 7.12. The Labute approximate surface area is 91.6 Å². The molecular weight excluding hydrogens is 217 g/mol. The smallest absolute Gasteiger partial charge is 0.267 e. The molecule has 1 atom stereocenters. The molecule has 15 heavy (non-hydrogen) atoms. The van der Waals surface area contributed by atoms with E-state index >= 15 is 0 Å². The van der Waals surface area contributed by atoms with E-state index in [9.17, 15) is 9.46 Å². The maximum atomic E-state index is 11.0. The van der Waals surface area contributed by atoms with Crippen LogP contribution in [0.1, 0.15) is 39.0 Å². The van der Waals surface area contributed by atoms with E-state index in [1.807, 2.05) is 0 Å². The second kappa shape index (κ2) is 9.31. The Morgan fingerprint density at radius 3 is 2.33 bits per heavy atom. The predicted molar refractivity (Wildman–Crippen MR) is 57.3 cm³/mol. The topological polar surface area (TPSA) is 84.6 Å². The van der Waals surface area contributed by atoms with Crippen LogP contribution in [-0.2, 0) is 13.6 Å². The number of nitrogens with two attached hydrogens (primary N) is 1. The number of phosphoric ester groups is 1. The fourth-order valence-electron chi connectivity index (χ4n) is 1.08. The van der Waals surface area contributed by atoms with Crippen molar-refractivity contribution in [2.45, 2.75) is 39.0 Å². The molecule has 0 aromatic heterocycles. The minimum absolute atomic E-state index is 0.0172. The van der Waals surface area contributed by atoms with Gasteiger partial charge in [0.1, 0.15) is 0 Å². The molecule has 92 valence electrons. The summed E-state index contributed by atoms with van der Waals surface area (Å²) >= 11 is 0. The largest absolute Gasteiger partial charge is 0.756 e. The van der Waals surface area contributed by atoms with Gasteiger partial charge in [-0.15, -0.1) is 0 Å². The summed E-state index contributed by atoms with van der Waals surface area (Å²) in [6.45, 7) is 2.49. The molecule has 0 amide bonds. The van der Waals surface area contributed by atoms with E-state index in [1.54, 1.807) is 0 Å². The van der Waals surface area contributed by atoms with Crippen molar-refractivity contribution in [3.05, 3.63) is 0 Å². The number of rotatable bonds is 10. The Kier molecular flexibility index (Phi) is 9.35. The Balaban J connectivity index is 3.36. The average Bonchev–Trinajstić information content (AvgIpc) is 2.20. The average molecular weight is 238 g/mol. The van der Waals surface area contributed by atoms with Gasteiger partial charge in [-0.3, -0.25) is 4.57 Å². The summed E-state index contributed by atoms with van der Waals surface area (Å²) in [5.41, 5.74) is 5.10. The van der Waals surface area contributed by atoms with Crippen molar-refractivity contribution in [3.8, 4) is 0 Å². The van der Waals surface area contributed by atoms with E-state index in [4.69, 9.17) is 5.73 Å². The molecule has 2 N–H and O–H groups in total. The van der Waals surface area contributed by atoms with Gasteiger partial charge in [0.25, 0.3) is 7.82 Å². The zero-order valence-electron chi connectivity index (χ0n) is 9.31. The van der Waals surface area contributed by atoms with Gasteiger partial charge in [-0.2, -0.15) is 0 Å². The molecule has 0 rings (SSSR count). The Bertz CT molecular complexity index is 189. The molecule has 5 nitrogen and oxygen atoms in total. The second-order valence-corrected chi connectivity index (χ2v) is 4.73. The highest BCUT2D eigenvalue weighted by atomic mass is 31.2. The van der Waals surface area contributed by atoms with Gasteiger partial charge in [0.05, 0.1) is 13.2 Å². The molecule has 0 aliphatic rings. The summed E-state index contributed by atoms with van der Waals surface area (Å²) in [6.07, 6.45) is 5.20. The van der Waals surface area contributed by atoms with Crippen molar-refractivity contribution in [2.24, 2.45) is 5.73 Å². The first kappa shape index (κ1) is 15.1. The molecule has 0 aliphatic heterocycles. The maximum Gasteiger partial charge on any atom is 0.267 e. The molecular formula is C9H21NO4P-. The fraction of sp³-hybridized carbons (Fsp3) is 1.00. The fourth-order valence-corrected chi connectivity index (χ4v) is 1.84. The van der Waals surface area contributed by atoms with Gasteiger partial charge in [-0.05, 0) is 6.42 Å². The van der Waals surface area contributed by atoms with Gasteiger partial charge in [-0.1, -0.05) is 32.6 Å². The molecule has 0 aromatic carbocycles. The van der Waals surface area contributed by atoms with Crippen LogP contribution in [0.3, 0.4) is 0 Å². The van der Waals surface area contributed by atoms with Crippen LogP contribution in [0.5, 0.6) is 0 Å². The van der Waals surface area contributed by atoms with Crippen molar-refractivity contribution in [1.29, 1.82) is 0 Å². The van der Waals surface area contributed by atoms with Crippen molar-refractivity contribution in [1.82, 2.24) is 0 Å². The number of unbranched alkanes of at least 4 members (excludes halogenated alkanes) is 4. The lowest BCUT2D eigenvalue weighted by molar-refractivity contribution is -0.225. The zero-order chi connectivity index (χ0) is 11.6. The highest BCUT2D eigenvalue weighted by Gasteiger charge is 2.07. The molecule has 0 radical (unpaired) electrons. The van der Waals surface area contributed by atoms with Crippen molar-refractivity contribution in [3.63, 3.8) is 0 Å². The highest BCUT2D eigenvalue weighted by molar-refractivity contribution is 7.45. The highest BCUT2D eigenvalue weighted by Crippen LogP contribution is 2.37. The van der Waals surface area contributed by atoms with Gasteiger partial charge in [0.2, 0.25) is 0 Å². The first-order valence-electron chi connectivity index (χ1n) is 5.42. The Morgan fingerprint density at radius 2 is 1.73 bits per heavy atom. The van der Waals surface area contributed by atoms with Crippen LogP contribution >= 0.6 is 7.82 Å². The van der Waals surface area contributed by atoms with Crippen LogP contribution in [-0.4, -0.2) is 19.8 Å². The lowest BCUT2D eigenvalue weighted by Gasteiger charge is -2.22. The number of hydrogen-bond donors (Lipinski definition) is 1. The summed E-state index contributed by atoms with van der Waals surface area (Å²) in [5, 5.41) is 0. The van der Waals surface area contributed by atoms with Gasteiger partial charge < -0.3 is 19.7 Å². The summed E-state index contributed by atoms with van der Waals surface area (Å²) in [5.74, 6) is 0. The van der Waals surface area contributed by atoms with E-state index in [2.05, 4.69) is 16.0 Å². The van der Waals surface area contributed by atoms with Crippen molar-refractivity contribution < 1.29 is 18.5 Å². The predicted octanol–water partition coefficient (Wildman–Crippen LogP) is 1.42. The Hall–Kier alpha value is 0.0700. The molecule has 0 heterocycles. The SMILES string of the molecule is CCCCCCCOP(=O)([O-])OCCN. The van der Waals surface area contributed by atoms with E-state index < -0.39 is 7.82 Å². The first-order valence-corrected chi connectivity index (χ1v) is 6.88. The van der Waals surface area contributed by atoms with Crippen LogP contribution in [0.25, 0.3) is 0 Å². The van der Waals surface area contributed by atoms with Crippen LogP contribution in [0.4, 0.5) is 0 Å². The molecule has 0 bridgehead atoms. The summed E-state index contributed by atoms with van der Waals surface area (Å²) in [6, 6.07) is 0. The second-order valence-electron chi connectivity index (χ2n) is 3.32. The van der Waals surface area contributed by atoms with Crippen LogP contribution in [0.15, 0.2) is 0 Å². The molecule has 6 heteroatoms. The van der Waals surface area contributed by atoms with Gasteiger partial charge in [0.15, 0.2) is 0 Å². The molecule has 1 unspecified atom stereocenters. The van der Waals surface area contributed by atoms with Crippen molar-refractivity contribution in [2.75, 3.05) is 19.8 Å². The van der Waals surface area contributed by atoms with E-state index in [1.165, 1.54) is 12.8 Å². The molecule has 0 aliphatic carbocycles. The number of hydrogen-bond acceptors (Lipinski definition) is 5. The summed E-state index contributed by atoms with van der Waals surface area (Å²) in [4.78, 5) is 11.0. The monoisotopic (exact) mass is 238 g/mol. The summed E-state index contributed by atoms with van der Waals surface area (Å²) in [7, 11) is -4.09. The van der Waals surface area contributed by atoms with Crippen molar-refractivity contribution >= 4 is 7.82 Å². The van der Waals surface area contributed by atoms with E-state index in [0.29, 0.717) is 0 Å². The maximum absolute atomic E-state index is 11.0. The molecule has 0 saturated heterocycles. The molecule has 0 spiro atoms. The van der Waals surface area contributed by atoms with E-state index in [0.717, 1.165) is 19.3 Å².